The van der Waals surface area contributed by atoms with Crippen molar-refractivity contribution in [3.63, 3.8) is 0 Å². The zero-order valence-corrected chi connectivity index (χ0v) is 26.1. The summed E-state index contributed by atoms with van der Waals surface area (Å²) < 4.78 is 16.7. The highest BCUT2D eigenvalue weighted by molar-refractivity contribution is 5.85. The Morgan fingerprint density at radius 2 is 1.72 bits per heavy atom. The second-order valence-corrected chi connectivity index (χ2v) is 12.6. The molecule has 0 aromatic heterocycles. The molecule has 1 aliphatic rings. The van der Waals surface area contributed by atoms with E-state index >= 15 is 0 Å². The van der Waals surface area contributed by atoms with Crippen LogP contribution in [-0.4, -0.2) is 91.2 Å². The summed E-state index contributed by atoms with van der Waals surface area (Å²) in [7, 11) is 3.39. The fraction of sp³-hybridized carbons (Fsp3) is 0.821. The van der Waals surface area contributed by atoms with Crippen LogP contribution in [0.2, 0.25) is 0 Å². The van der Waals surface area contributed by atoms with Crippen LogP contribution in [0.3, 0.4) is 0 Å². The molecule has 1 aliphatic heterocycles. The van der Waals surface area contributed by atoms with Crippen molar-refractivity contribution in [2.45, 2.75) is 104 Å². The number of amidine groups is 1. The van der Waals surface area contributed by atoms with Crippen LogP contribution in [0.25, 0.3) is 0 Å². The van der Waals surface area contributed by atoms with Gasteiger partial charge in [-0.2, -0.15) is 0 Å². The zero-order valence-electron chi connectivity index (χ0n) is 26.1. The van der Waals surface area contributed by atoms with Gasteiger partial charge in [0.2, 0.25) is 5.91 Å². The van der Waals surface area contributed by atoms with Gasteiger partial charge in [-0.05, 0) is 75.2 Å². The van der Waals surface area contributed by atoms with Crippen molar-refractivity contribution in [1.29, 1.82) is 0 Å². The lowest BCUT2D eigenvalue weighted by atomic mass is 9.94. The van der Waals surface area contributed by atoms with Crippen LogP contribution in [0.1, 0.15) is 81.6 Å². The minimum Gasteiger partial charge on any atom is -0.444 e. The maximum absolute atomic E-state index is 13.2. The number of hydrogen-bond acceptors (Lipinski definition) is 8. The fourth-order valence-electron chi connectivity index (χ4n) is 4.09. The number of alkyl carbamates (subject to hydrolysis) is 1. The Morgan fingerprint density at radius 3 is 2.23 bits per heavy atom. The van der Waals surface area contributed by atoms with Crippen molar-refractivity contribution in [2.75, 3.05) is 40.5 Å². The topological polar surface area (TPSA) is 114 Å². The number of allylic oxidation sites excluding steroid dienone is 1. The van der Waals surface area contributed by atoms with Gasteiger partial charge in [-0.15, -0.1) is 10.3 Å². The molecule has 1 fully saturated rings. The number of nitrogens with one attached hydrogen (secondary N) is 2. The maximum atomic E-state index is 13.2. The van der Waals surface area contributed by atoms with Crippen LogP contribution >= 0.6 is 0 Å². The summed E-state index contributed by atoms with van der Waals surface area (Å²) in [5.74, 6) is 1.53. The average molecular weight is 556 g/mol. The summed E-state index contributed by atoms with van der Waals surface area (Å²) >= 11 is 0. The summed E-state index contributed by atoms with van der Waals surface area (Å²) in [5, 5.41) is 12.3. The van der Waals surface area contributed by atoms with Gasteiger partial charge in [0.25, 0.3) is 0 Å². The number of carbonyl (C=O) groups is 2. The molecular weight excluding hydrogens is 502 g/mol. The van der Waals surface area contributed by atoms with Crippen molar-refractivity contribution in [1.82, 2.24) is 20.7 Å². The van der Waals surface area contributed by atoms with Gasteiger partial charge in [0, 0.05) is 32.2 Å². The van der Waals surface area contributed by atoms with Gasteiger partial charge in [0.1, 0.15) is 17.2 Å². The van der Waals surface area contributed by atoms with Crippen LogP contribution in [0.15, 0.2) is 17.4 Å². The lowest BCUT2D eigenvalue weighted by molar-refractivity contribution is -0.140. The van der Waals surface area contributed by atoms with E-state index in [0.717, 1.165) is 18.7 Å². The third-order valence-corrected chi connectivity index (χ3v) is 5.82. The molecule has 1 saturated heterocycles. The van der Waals surface area contributed by atoms with E-state index in [1.54, 1.807) is 21.1 Å². The minimum absolute atomic E-state index is 0.0401. The normalized spacial score (nSPS) is 16.4. The van der Waals surface area contributed by atoms with Crippen molar-refractivity contribution in [3.05, 3.63) is 12.3 Å². The molecule has 0 aromatic rings. The summed E-state index contributed by atoms with van der Waals surface area (Å²) in [6, 6.07) is 0.0682. The van der Waals surface area contributed by atoms with E-state index in [9.17, 15) is 9.59 Å². The maximum Gasteiger partial charge on any atom is 0.408 e. The number of nitrogens with zero attached hydrogens (tertiary/aromatic N) is 3. The molecular formula is C28H53N5O6. The van der Waals surface area contributed by atoms with Crippen LogP contribution < -0.4 is 10.6 Å². The lowest BCUT2D eigenvalue weighted by Gasteiger charge is -2.36. The highest BCUT2D eigenvalue weighted by Crippen LogP contribution is 2.24. The van der Waals surface area contributed by atoms with Crippen molar-refractivity contribution < 1.29 is 28.6 Å². The van der Waals surface area contributed by atoms with E-state index in [2.05, 4.69) is 22.3 Å². The molecule has 1 atom stereocenters. The highest BCUT2D eigenvalue weighted by atomic mass is 16.7. The van der Waals surface area contributed by atoms with Gasteiger partial charge >= 0.3 is 6.09 Å². The van der Waals surface area contributed by atoms with Gasteiger partial charge in [0.05, 0.1) is 37.8 Å². The number of hydroxylamine groups is 1. The number of likely N-dealkylation sites (tertiary alicyclic amines) is 1. The third kappa shape index (κ3) is 14.4. The van der Waals surface area contributed by atoms with Crippen LogP contribution in [0, 0.1) is 5.92 Å². The summed E-state index contributed by atoms with van der Waals surface area (Å²) in [5.41, 5.74) is -1.95. The second-order valence-electron chi connectivity index (χ2n) is 12.6. The van der Waals surface area contributed by atoms with Gasteiger partial charge in [-0.3, -0.25) is 4.79 Å². The Balaban J connectivity index is 2.70. The molecule has 0 saturated carbocycles. The van der Waals surface area contributed by atoms with Gasteiger partial charge in [0.15, 0.2) is 0 Å². The van der Waals surface area contributed by atoms with E-state index in [0.29, 0.717) is 25.5 Å². The number of ether oxygens (including phenoxy) is 3. The number of carbonyl (C=O) groups excluding carboxylic acids is 2. The molecule has 0 spiro atoms. The molecule has 2 amide bonds. The highest BCUT2D eigenvalue weighted by Gasteiger charge is 2.33. The van der Waals surface area contributed by atoms with E-state index in [1.807, 2.05) is 60.3 Å². The molecule has 11 heteroatoms. The molecule has 1 heterocycles. The smallest absolute Gasteiger partial charge is 0.408 e. The predicted molar refractivity (Wildman–Crippen MR) is 153 cm³/mol. The van der Waals surface area contributed by atoms with E-state index in [1.165, 1.54) is 5.17 Å². The molecule has 2 N–H and O–H groups in total. The molecule has 0 aromatic carbocycles. The number of amides is 2. The zero-order chi connectivity index (χ0) is 30.0. The van der Waals surface area contributed by atoms with Crippen LogP contribution in [-0.2, 0) is 23.8 Å². The third-order valence-electron chi connectivity index (χ3n) is 5.82. The molecule has 1 rings (SSSR count). The second kappa shape index (κ2) is 14.7. The molecule has 0 unspecified atom stereocenters. The largest absolute Gasteiger partial charge is 0.444 e. The Morgan fingerprint density at radius 1 is 1.13 bits per heavy atom. The van der Waals surface area contributed by atoms with Crippen molar-refractivity contribution in [3.8, 4) is 0 Å². The quantitative estimate of drug-likeness (QED) is 0.151. The van der Waals surface area contributed by atoms with Gasteiger partial charge in [-0.25, -0.2) is 4.79 Å². The first kappa shape index (κ1) is 34.5. The number of piperidine rings is 1. The van der Waals surface area contributed by atoms with Crippen LogP contribution in [0.4, 0.5) is 4.79 Å². The van der Waals surface area contributed by atoms with Gasteiger partial charge in [-0.1, -0.05) is 6.58 Å². The van der Waals surface area contributed by atoms with Crippen molar-refractivity contribution in [2.24, 2.45) is 11.0 Å². The molecule has 0 bridgehead atoms. The summed E-state index contributed by atoms with van der Waals surface area (Å²) in [4.78, 5) is 32.7. The van der Waals surface area contributed by atoms with E-state index in [-0.39, 0.29) is 30.9 Å². The summed E-state index contributed by atoms with van der Waals surface area (Å²) in [6.07, 6.45) is 1.28. The first-order valence-corrected chi connectivity index (χ1v) is 13.7. The molecule has 0 radical (unpaired) electrons. The first-order valence-electron chi connectivity index (χ1n) is 13.7. The van der Waals surface area contributed by atoms with Crippen molar-refractivity contribution >= 4 is 17.8 Å². The first-order chi connectivity index (χ1) is 17.8. The SMILES string of the molecule is C=C(C)ON(C)/N=C(\N[C@H](C)COC)C1CCN(C(=O)CC(C)(C)OCC(C)(C)NC(=O)OC(C)(C)C)CC1. The number of hydrazone groups is 1. The number of hydrogen-bond donors (Lipinski definition) is 2. The van der Waals surface area contributed by atoms with E-state index < -0.39 is 22.8 Å². The molecule has 39 heavy (non-hydrogen) atoms. The Kier molecular flexibility index (Phi) is 13.0. The fourth-order valence-corrected chi connectivity index (χ4v) is 4.09. The standard InChI is InChI=1S/C28H53N5O6/c1-20(2)39-32(11)31-24(29-21(3)18-36-12)22-13-15-33(16-14-22)23(34)17-28(9,10)37-19-27(7,8)30-25(35)38-26(4,5)6/h21-22H,1,13-19H2,2-12H3,(H,29,31)(H,30,35)/t21-/m1/s1. The number of methoxy groups -OCH3 is 1. The van der Waals surface area contributed by atoms with Crippen LogP contribution in [0.5, 0.6) is 0 Å². The minimum atomic E-state index is -0.701. The average Bonchev–Trinajstić information content (AvgIpc) is 2.75. The monoisotopic (exact) mass is 555 g/mol. The van der Waals surface area contributed by atoms with Gasteiger partial charge < -0.3 is 34.6 Å². The Hall–Kier alpha value is -2.53. The molecule has 0 aliphatic carbocycles. The summed E-state index contributed by atoms with van der Waals surface area (Å²) in [6.45, 7) is 22.5. The molecule has 226 valence electrons. The molecule has 11 nitrogen and oxygen atoms in total. The Labute approximate surface area is 235 Å². The number of rotatable bonds is 13. The lowest BCUT2D eigenvalue weighted by Crippen LogP contribution is -2.51. The predicted octanol–water partition coefficient (Wildman–Crippen LogP) is 4.05. The van der Waals surface area contributed by atoms with E-state index in [4.69, 9.17) is 19.0 Å². The Bertz CT molecular complexity index is 844.